The van der Waals surface area contributed by atoms with Crippen LogP contribution in [0.25, 0.3) is 17.1 Å². The number of aromatic nitrogens is 6. The summed E-state index contributed by atoms with van der Waals surface area (Å²) in [5, 5.41) is 21.9. The second-order valence-electron chi connectivity index (χ2n) is 6.78. The summed E-state index contributed by atoms with van der Waals surface area (Å²) in [4.78, 5) is 16.6. The topological polar surface area (TPSA) is 98.5 Å². The number of nitrogens with zero attached hydrogens (tertiary/aromatic N) is 6. The molecule has 150 valence electrons. The van der Waals surface area contributed by atoms with Crippen LogP contribution in [0, 0.1) is 0 Å². The number of rotatable bonds is 7. The van der Waals surface area contributed by atoms with Gasteiger partial charge in [0.15, 0.2) is 11.0 Å². The van der Waals surface area contributed by atoms with E-state index in [0.29, 0.717) is 22.0 Å². The van der Waals surface area contributed by atoms with Crippen molar-refractivity contribution < 1.29 is 4.79 Å². The van der Waals surface area contributed by atoms with Crippen LogP contribution in [0.1, 0.15) is 23.8 Å². The second kappa shape index (κ2) is 8.33. The Morgan fingerprint density at radius 3 is 2.73 bits per heavy atom. The molecule has 0 bridgehead atoms. The van der Waals surface area contributed by atoms with Gasteiger partial charge in [-0.15, -0.1) is 20.4 Å². The number of carbonyl (C=O) groups excluding carboxylic acids is 1. The molecule has 1 saturated carbocycles. The van der Waals surface area contributed by atoms with E-state index in [4.69, 9.17) is 0 Å². The van der Waals surface area contributed by atoms with Crippen molar-refractivity contribution in [3.63, 3.8) is 0 Å². The molecule has 0 unspecified atom stereocenters. The second-order valence-corrected chi connectivity index (χ2v) is 8.73. The third-order valence-electron chi connectivity index (χ3n) is 4.51. The van der Waals surface area contributed by atoms with E-state index >= 15 is 0 Å². The van der Waals surface area contributed by atoms with Crippen LogP contribution in [0.15, 0.2) is 60.0 Å². The van der Waals surface area contributed by atoms with Crippen molar-refractivity contribution in [1.82, 2.24) is 29.9 Å². The lowest BCUT2D eigenvalue weighted by molar-refractivity contribution is -0.113. The minimum absolute atomic E-state index is 0.149. The van der Waals surface area contributed by atoms with E-state index in [2.05, 4.69) is 30.7 Å². The third kappa shape index (κ3) is 4.10. The maximum Gasteiger partial charge on any atom is 0.236 e. The predicted molar refractivity (Wildman–Crippen MR) is 116 cm³/mol. The van der Waals surface area contributed by atoms with Crippen molar-refractivity contribution >= 4 is 34.1 Å². The molecule has 30 heavy (non-hydrogen) atoms. The highest BCUT2D eigenvalue weighted by atomic mass is 32.2. The average molecular weight is 436 g/mol. The van der Waals surface area contributed by atoms with E-state index in [1.807, 2.05) is 47.0 Å². The molecule has 3 heterocycles. The van der Waals surface area contributed by atoms with E-state index in [9.17, 15) is 4.79 Å². The number of amides is 1. The lowest BCUT2D eigenvalue weighted by Gasteiger charge is -2.10. The molecule has 5 rings (SSSR count). The Hall–Kier alpha value is -3.11. The lowest BCUT2D eigenvalue weighted by atomic mass is 10.2. The van der Waals surface area contributed by atoms with E-state index in [-0.39, 0.29) is 11.7 Å². The van der Waals surface area contributed by atoms with E-state index in [1.165, 1.54) is 23.1 Å². The molecule has 1 fully saturated rings. The number of thioether (sulfide) groups is 1. The number of benzene rings is 1. The lowest BCUT2D eigenvalue weighted by Crippen LogP contribution is -2.14. The Balaban J connectivity index is 1.34. The first kappa shape index (κ1) is 18.9. The highest BCUT2D eigenvalue weighted by molar-refractivity contribution is 7.99. The standard InChI is InChI=1S/C20H17N7OS2/c28-16(22-19-25-24-18(30-19)13-8-9-13)12-29-20-26-23-17(14-5-4-10-21-11-14)27(20)15-6-2-1-3-7-15/h1-7,10-11,13H,8-9,12H2,(H,22,25,28). The van der Waals surface area contributed by atoms with Crippen molar-refractivity contribution in [2.45, 2.75) is 23.9 Å². The summed E-state index contributed by atoms with van der Waals surface area (Å²) in [6.07, 6.45) is 5.78. The van der Waals surface area contributed by atoms with Gasteiger partial charge in [0.2, 0.25) is 11.0 Å². The van der Waals surface area contributed by atoms with Gasteiger partial charge >= 0.3 is 0 Å². The normalized spacial score (nSPS) is 13.3. The summed E-state index contributed by atoms with van der Waals surface area (Å²) in [6.45, 7) is 0. The van der Waals surface area contributed by atoms with Crippen molar-refractivity contribution in [2.24, 2.45) is 0 Å². The van der Waals surface area contributed by atoms with Crippen LogP contribution in [0.2, 0.25) is 0 Å². The smallest absolute Gasteiger partial charge is 0.236 e. The van der Waals surface area contributed by atoms with Crippen LogP contribution in [0.3, 0.4) is 0 Å². The number of hydrogen-bond acceptors (Lipinski definition) is 8. The van der Waals surface area contributed by atoms with Crippen molar-refractivity contribution in [3.8, 4) is 17.1 Å². The van der Waals surface area contributed by atoms with Crippen LogP contribution in [0.5, 0.6) is 0 Å². The number of carbonyl (C=O) groups is 1. The number of pyridine rings is 1. The largest absolute Gasteiger partial charge is 0.300 e. The number of nitrogens with one attached hydrogen (secondary N) is 1. The summed E-state index contributed by atoms with van der Waals surface area (Å²) >= 11 is 2.77. The zero-order valence-corrected chi connectivity index (χ0v) is 17.4. The molecule has 8 nitrogen and oxygen atoms in total. The fraction of sp³-hybridized carbons (Fsp3) is 0.200. The minimum Gasteiger partial charge on any atom is -0.300 e. The van der Waals surface area contributed by atoms with Crippen LogP contribution in [-0.4, -0.2) is 41.6 Å². The zero-order chi connectivity index (χ0) is 20.3. The van der Waals surface area contributed by atoms with Gasteiger partial charge < -0.3 is 0 Å². The molecular weight excluding hydrogens is 418 g/mol. The van der Waals surface area contributed by atoms with Gasteiger partial charge in [0, 0.05) is 29.6 Å². The zero-order valence-electron chi connectivity index (χ0n) is 15.8. The third-order valence-corrected chi connectivity index (χ3v) is 6.44. The van der Waals surface area contributed by atoms with Gasteiger partial charge in [-0.3, -0.25) is 19.7 Å². The highest BCUT2D eigenvalue weighted by Gasteiger charge is 2.27. The van der Waals surface area contributed by atoms with Gasteiger partial charge in [0.05, 0.1) is 5.75 Å². The first-order valence-electron chi connectivity index (χ1n) is 9.45. The molecule has 3 aromatic heterocycles. The number of para-hydroxylation sites is 1. The molecule has 4 aromatic rings. The van der Waals surface area contributed by atoms with Gasteiger partial charge in [0.1, 0.15) is 5.01 Å². The van der Waals surface area contributed by atoms with Gasteiger partial charge in [-0.1, -0.05) is 41.3 Å². The van der Waals surface area contributed by atoms with E-state index in [1.54, 1.807) is 12.4 Å². The van der Waals surface area contributed by atoms with Crippen LogP contribution in [-0.2, 0) is 4.79 Å². The highest BCUT2D eigenvalue weighted by Crippen LogP contribution is 2.42. The first-order chi connectivity index (χ1) is 14.8. The molecular formula is C20H17N7OS2. The van der Waals surface area contributed by atoms with Crippen LogP contribution in [0.4, 0.5) is 5.13 Å². The fourth-order valence-corrected chi connectivity index (χ4v) is 4.60. The molecule has 0 spiro atoms. The summed E-state index contributed by atoms with van der Waals surface area (Å²) in [5.41, 5.74) is 1.77. The van der Waals surface area contributed by atoms with Gasteiger partial charge in [-0.2, -0.15) is 0 Å². The quantitative estimate of drug-likeness (QED) is 0.441. The number of hydrogen-bond donors (Lipinski definition) is 1. The van der Waals surface area contributed by atoms with Crippen molar-refractivity contribution in [2.75, 3.05) is 11.1 Å². The summed E-state index contributed by atoms with van der Waals surface area (Å²) in [7, 11) is 0. The first-order valence-corrected chi connectivity index (χ1v) is 11.3. The maximum absolute atomic E-state index is 12.4. The van der Waals surface area contributed by atoms with Gasteiger partial charge in [-0.25, -0.2) is 0 Å². The Morgan fingerprint density at radius 2 is 1.97 bits per heavy atom. The molecule has 0 saturated heterocycles. The number of anilines is 1. The molecule has 1 aliphatic rings. The molecule has 1 aromatic carbocycles. The summed E-state index contributed by atoms with van der Waals surface area (Å²) in [6, 6.07) is 13.6. The van der Waals surface area contributed by atoms with Crippen LogP contribution < -0.4 is 5.32 Å². The Labute approximate surface area is 180 Å². The Morgan fingerprint density at radius 1 is 1.10 bits per heavy atom. The molecule has 1 amide bonds. The van der Waals surface area contributed by atoms with Crippen molar-refractivity contribution in [1.29, 1.82) is 0 Å². The molecule has 1 N–H and O–H groups in total. The van der Waals surface area contributed by atoms with Gasteiger partial charge in [0.25, 0.3) is 0 Å². The monoisotopic (exact) mass is 435 g/mol. The summed E-state index contributed by atoms with van der Waals surface area (Å²) < 4.78 is 1.94. The molecule has 0 aliphatic heterocycles. The van der Waals surface area contributed by atoms with E-state index in [0.717, 1.165) is 29.1 Å². The maximum atomic E-state index is 12.4. The van der Waals surface area contributed by atoms with Crippen molar-refractivity contribution in [3.05, 3.63) is 59.9 Å². The van der Waals surface area contributed by atoms with Crippen LogP contribution >= 0.6 is 23.1 Å². The summed E-state index contributed by atoms with van der Waals surface area (Å²) in [5.74, 6) is 1.24. The SMILES string of the molecule is O=C(CSc1nnc(-c2cccnc2)n1-c1ccccc1)Nc1nnc(C2CC2)s1. The molecule has 10 heteroatoms. The van der Waals surface area contributed by atoms with Gasteiger partial charge in [-0.05, 0) is 37.1 Å². The fourth-order valence-electron chi connectivity index (χ4n) is 2.92. The molecule has 1 aliphatic carbocycles. The Kier molecular flexibility index (Phi) is 5.24. The predicted octanol–water partition coefficient (Wildman–Crippen LogP) is 3.79. The average Bonchev–Trinajstić information content (AvgIpc) is 3.38. The van der Waals surface area contributed by atoms with E-state index < -0.39 is 0 Å². The minimum atomic E-state index is -0.149. The molecule has 0 atom stereocenters. The molecule has 0 radical (unpaired) electrons. The Bertz CT molecular complexity index is 1160.